The van der Waals surface area contributed by atoms with Gasteiger partial charge in [0, 0.05) is 15.7 Å². The molecule has 0 saturated heterocycles. The number of aliphatic hydroxyl groups excluding tert-OH is 1. The lowest BCUT2D eigenvalue weighted by Gasteiger charge is -2.22. The number of aromatic nitrogens is 1. The molecule has 2 aromatic carbocycles. The summed E-state index contributed by atoms with van der Waals surface area (Å²) in [6.45, 7) is 4.18. The van der Waals surface area contributed by atoms with Crippen LogP contribution in [0, 0.1) is 17.4 Å². The summed E-state index contributed by atoms with van der Waals surface area (Å²) in [6, 6.07) is 13.6. The molecule has 3 rings (SSSR count). The van der Waals surface area contributed by atoms with E-state index < -0.39 is 0 Å². The third-order valence-electron chi connectivity index (χ3n) is 4.75. The standard InChI is InChI=1S/C22H23IN2O3/c1-14-9-15(2)21-17(10-14)11-18(22(28)24-21)13-25(7-8-26)20(27)12-16-5-3-4-6-19(16)23/h3-6,9-11,26H,7-8,12-13H2,1-2H3,(H,24,28). The SMILES string of the molecule is Cc1cc(C)c2[nH]c(=O)c(CN(CCO)C(=O)Cc3ccccc3I)cc2c1. The molecule has 0 aliphatic rings. The number of pyridine rings is 1. The Labute approximate surface area is 177 Å². The number of nitrogens with one attached hydrogen (secondary N) is 1. The van der Waals surface area contributed by atoms with E-state index in [0.717, 1.165) is 31.2 Å². The lowest BCUT2D eigenvalue weighted by Crippen LogP contribution is -2.36. The smallest absolute Gasteiger partial charge is 0.253 e. The Balaban J connectivity index is 1.89. The molecule has 6 heteroatoms. The predicted octanol–water partition coefficient (Wildman–Crippen LogP) is 3.31. The molecule has 1 aromatic heterocycles. The average molecular weight is 490 g/mol. The highest BCUT2D eigenvalue weighted by Gasteiger charge is 2.17. The molecule has 146 valence electrons. The first-order valence-electron chi connectivity index (χ1n) is 9.14. The first-order chi connectivity index (χ1) is 13.4. The molecule has 0 fully saturated rings. The quantitative estimate of drug-likeness (QED) is 0.521. The van der Waals surface area contributed by atoms with Gasteiger partial charge in [-0.2, -0.15) is 0 Å². The number of rotatable bonds is 6. The number of fused-ring (bicyclic) bond motifs is 1. The lowest BCUT2D eigenvalue weighted by atomic mass is 10.0. The zero-order valence-electron chi connectivity index (χ0n) is 16.0. The molecule has 0 saturated carbocycles. The molecular formula is C22H23IN2O3. The summed E-state index contributed by atoms with van der Waals surface area (Å²) in [7, 11) is 0. The molecule has 0 aliphatic heterocycles. The Hall–Kier alpha value is -2.19. The normalized spacial score (nSPS) is 11.0. The van der Waals surface area contributed by atoms with E-state index in [0.29, 0.717) is 5.56 Å². The van der Waals surface area contributed by atoms with Gasteiger partial charge in [-0.25, -0.2) is 0 Å². The Morgan fingerprint density at radius 2 is 1.89 bits per heavy atom. The van der Waals surface area contributed by atoms with Crippen molar-refractivity contribution >= 4 is 39.4 Å². The fourth-order valence-electron chi connectivity index (χ4n) is 3.38. The van der Waals surface area contributed by atoms with Crippen molar-refractivity contribution in [2.45, 2.75) is 26.8 Å². The fourth-order valence-corrected chi connectivity index (χ4v) is 3.96. The molecule has 0 bridgehead atoms. The minimum absolute atomic E-state index is 0.113. The van der Waals surface area contributed by atoms with Crippen molar-refractivity contribution in [3.63, 3.8) is 0 Å². The van der Waals surface area contributed by atoms with E-state index in [4.69, 9.17) is 0 Å². The zero-order chi connectivity index (χ0) is 20.3. The summed E-state index contributed by atoms with van der Waals surface area (Å²) in [4.78, 5) is 29.9. The number of hydrogen-bond donors (Lipinski definition) is 2. The first kappa shape index (κ1) is 20.5. The Morgan fingerprint density at radius 3 is 2.61 bits per heavy atom. The van der Waals surface area contributed by atoms with E-state index >= 15 is 0 Å². The van der Waals surface area contributed by atoms with Gasteiger partial charge < -0.3 is 15.0 Å². The number of aryl methyl sites for hydroxylation is 2. The summed E-state index contributed by atoms with van der Waals surface area (Å²) in [5.41, 5.74) is 4.20. The van der Waals surface area contributed by atoms with Crippen LogP contribution in [0.3, 0.4) is 0 Å². The number of carbonyl (C=O) groups is 1. The van der Waals surface area contributed by atoms with Crippen molar-refractivity contribution in [3.8, 4) is 0 Å². The van der Waals surface area contributed by atoms with Crippen molar-refractivity contribution in [3.05, 3.63) is 78.6 Å². The van der Waals surface area contributed by atoms with E-state index in [1.807, 2.05) is 56.3 Å². The molecular weight excluding hydrogens is 467 g/mol. The Bertz CT molecular complexity index is 1080. The van der Waals surface area contributed by atoms with Crippen LogP contribution in [0.25, 0.3) is 10.9 Å². The van der Waals surface area contributed by atoms with Crippen molar-refractivity contribution in [1.29, 1.82) is 0 Å². The van der Waals surface area contributed by atoms with Crippen LogP contribution in [0.2, 0.25) is 0 Å². The third-order valence-corrected chi connectivity index (χ3v) is 5.81. The van der Waals surface area contributed by atoms with Gasteiger partial charge in [0.1, 0.15) is 0 Å². The van der Waals surface area contributed by atoms with Crippen LogP contribution in [-0.2, 0) is 17.8 Å². The maximum atomic E-state index is 12.8. The van der Waals surface area contributed by atoms with Crippen LogP contribution < -0.4 is 5.56 Å². The van der Waals surface area contributed by atoms with Crippen molar-refractivity contribution in [2.24, 2.45) is 0 Å². The van der Waals surface area contributed by atoms with Gasteiger partial charge in [0.2, 0.25) is 5.91 Å². The van der Waals surface area contributed by atoms with Gasteiger partial charge in [-0.15, -0.1) is 0 Å². The molecule has 1 heterocycles. The topological polar surface area (TPSA) is 73.4 Å². The summed E-state index contributed by atoms with van der Waals surface area (Å²) in [5.74, 6) is -0.113. The van der Waals surface area contributed by atoms with E-state index in [2.05, 4.69) is 27.6 Å². The summed E-state index contributed by atoms with van der Waals surface area (Å²) in [6.07, 6.45) is 0.239. The maximum Gasteiger partial charge on any atom is 0.253 e. The second-order valence-electron chi connectivity index (χ2n) is 6.98. The van der Waals surface area contributed by atoms with Gasteiger partial charge in [0.05, 0.1) is 25.1 Å². The van der Waals surface area contributed by atoms with Crippen LogP contribution in [0.4, 0.5) is 0 Å². The number of aromatic amines is 1. The number of H-pyrrole nitrogens is 1. The molecule has 0 aliphatic carbocycles. The number of carbonyl (C=O) groups excluding carboxylic acids is 1. The van der Waals surface area contributed by atoms with Crippen LogP contribution in [0.15, 0.2) is 47.3 Å². The number of amides is 1. The number of benzene rings is 2. The van der Waals surface area contributed by atoms with E-state index in [-0.39, 0.29) is 37.6 Å². The van der Waals surface area contributed by atoms with Crippen molar-refractivity contribution < 1.29 is 9.90 Å². The predicted molar refractivity (Wildman–Crippen MR) is 119 cm³/mol. The second kappa shape index (κ2) is 8.87. The van der Waals surface area contributed by atoms with Gasteiger partial charge in [-0.3, -0.25) is 9.59 Å². The van der Waals surface area contributed by atoms with E-state index in [1.54, 1.807) is 4.90 Å². The molecule has 5 nitrogen and oxygen atoms in total. The molecule has 0 unspecified atom stereocenters. The average Bonchev–Trinajstić information content (AvgIpc) is 2.64. The van der Waals surface area contributed by atoms with Gasteiger partial charge >= 0.3 is 0 Å². The summed E-state index contributed by atoms with van der Waals surface area (Å²) in [5, 5.41) is 10.4. The molecule has 1 amide bonds. The molecule has 0 spiro atoms. The lowest BCUT2D eigenvalue weighted by molar-refractivity contribution is -0.131. The van der Waals surface area contributed by atoms with Crippen LogP contribution in [0.1, 0.15) is 22.3 Å². The molecule has 0 radical (unpaired) electrons. The van der Waals surface area contributed by atoms with Crippen LogP contribution in [-0.4, -0.2) is 34.0 Å². The fraction of sp³-hybridized carbons (Fsp3) is 0.273. The first-order valence-corrected chi connectivity index (χ1v) is 10.2. The zero-order valence-corrected chi connectivity index (χ0v) is 18.1. The Kier molecular flexibility index (Phi) is 6.51. The number of aliphatic hydroxyl groups is 1. The molecule has 28 heavy (non-hydrogen) atoms. The van der Waals surface area contributed by atoms with Gasteiger partial charge in [0.25, 0.3) is 5.56 Å². The number of hydrogen-bond acceptors (Lipinski definition) is 3. The number of halogens is 1. The van der Waals surface area contributed by atoms with Gasteiger partial charge in [-0.1, -0.05) is 29.8 Å². The Morgan fingerprint density at radius 1 is 1.14 bits per heavy atom. The van der Waals surface area contributed by atoms with Crippen molar-refractivity contribution in [2.75, 3.05) is 13.2 Å². The van der Waals surface area contributed by atoms with Crippen LogP contribution in [0.5, 0.6) is 0 Å². The monoisotopic (exact) mass is 490 g/mol. The molecule has 3 aromatic rings. The summed E-state index contributed by atoms with van der Waals surface area (Å²) >= 11 is 2.21. The molecule has 2 N–H and O–H groups in total. The van der Waals surface area contributed by atoms with Crippen LogP contribution >= 0.6 is 22.6 Å². The largest absolute Gasteiger partial charge is 0.395 e. The highest BCUT2D eigenvalue weighted by Crippen LogP contribution is 2.19. The highest BCUT2D eigenvalue weighted by molar-refractivity contribution is 14.1. The van der Waals surface area contributed by atoms with E-state index in [9.17, 15) is 14.7 Å². The molecule has 0 atom stereocenters. The third kappa shape index (κ3) is 4.62. The maximum absolute atomic E-state index is 12.8. The van der Waals surface area contributed by atoms with Crippen molar-refractivity contribution in [1.82, 2.24) is 9.88 Å². The summed E-state index contributed by atoms with van der Waals surface area (Å²) < 4.78 is 1.02. The van der Waals surface area contributed by atoms with Gasteiger partial charge in [0.15, 0.2) is 0 Å². The van der Waals surface area contributed by atoms with Gasteiger partial charge in [-0.05, 0) is 71.2 Å². The second-order valence-corrected chi connectivity index (χ2v) is 8.14. The highest BCUT2D eigenvalue weighted by atomic mass is 127. The minimum atomic E-state index is -0.204. The minimum Gasteiger partial charge on any atom is -0.395 e. The number of nitrogens with zero attached hydrogens (tertiary/aromatic N) is 1. The van der Waals surface area contributed by atoms with E-state index in [1.165, 1.54) is 0 Å².